The molecule has 2 aromatic rings. The minimum Gasteiger partial charge on any atom is -0.352 e. The number of anilines is 1. The molecular formula is C14H13BrF2N2. The Balaban J connectivity index is 2.24. The Morgan fingerprint density at radius 1 is 1.21 bits per heavy atom. The fourth-order valence-corrected chi connectivity index (χ4v) is 2.12. The molecule has 19 heavy (non-hydrogen) atoms. The summed E-state index contributed by atoms with van der Waals surface area (Å²) < 4.78 is 27.2. The molecule has 2 nitrogen and oxygen atoms in total. The summed E-state index contributed by atoms with van der Waals surface area (Å²) in [7, 11) is 0. The average Bonchev–Trinajstić information content (AvgIpc) is 2.38. The first kappa shape index (κ1) is 13.9. The summed E-state index contributed by atoms with van der Waals surface area (Å²) in [4.78, 5) is 6.25. The van der Waals surface area contributed by atoms with Crippen LogP contribution in [-0.4, -0.2) is 11.5 Å². The molecular weight excluding hydrogens is 314 g/mol. The largest absolute Gasteiger partial charge is 0.352 e. The van der Waals surface area contributed by atoms with Crippen LogP contribution in [0.1, 0.15) is 12.5 Å². The van der Waals surface area contributed by atoms with E-state index in [1.807, 2.05) is 30.0 Å². The van der Waals surface area contributed by atoms with Gasteiger partial charge in [0.2, 0.25) is 0 Å². The first-order valence-electron chi connectivity index (χ1n) is 5.91. The molecule has 0 N–H and O–H groups in total. The summed E-state index contributed by atoms with van der Waals surface area (Å²) in [6.07, 6.45) is 0. The molecule has 0 bridgehead atoms. The number of pyridine rings is 1. The fourth-order valence-electron chi connectivity index (χ4n) is 1.78. The van der Waals surface area contributed by atoms with E-state index < -0.39 is 11.6 Å². The van der Waals surface area contributed by atoms with E-state index in [-0.39, 0.29) is 0 Å². The van der Waals surface area contributed by atoms with Gasteiger partial charge in [0.15, 0.2) is 0 Å². The first-order valence-corrected chi connectivity index (χ1v) is 6.71. The fraction of sp³-hybridized carbons (Fsp3) is 0.214. The highest BCUT2D eigenvalue weighted by molar-refractivity contribution is 9.10. The zero-order chi connectivity index (χ0) is 13.8. The highest BCUT2D eigenvalue weighted by Crippen LogP contribution is 2.19. The van der Waals surface area contributed by atoms with Crippen molar-refractivity contribution in [3.05, 3.63) is 58.2 Å². The molecule has 2 rings (SSSR count). The van der Waals surface area contributed by atoms with E-state index in [0.717, 1.165) is 16.5 Å². The van der Waals surface area contributed by atoms with Gasteiger partial charge in [0.25, 0.3) is 0 Å². The van der Waals surface area contributed by atoms with Gasteiger partial charge in [0.05, 0.1) is 0 Å². The van der Waals surface area contributed by atoms with Crippen molar-refractivity contribution in [2.75, 3.05) is 11.4 Å². The number of hydrogen-bond acceptors (Lipinski definition) is 2. The molecule has 0 spiro atoms. The molecule has 0 saturated carbocycles. The number of rotatable bonds is 4. The lowest BCUT2D eigenvalue weighted by Crippen LogP contribution is -2.23. The third-order valence-corrected chi connectivity index (χ3v) is 3.22. The van der Waals surface area contributed by atoms with Gasteiger partial charge in [0, 0.05) is 24.7 Å². The second kappa shape index (κ2) is 6.10. The number of nitrogens with zero attached hydrogens (tertiary/aromatic N) is 2. The lowest BCUT2D eigenvalue weighted by atomic mass is 10.2. The smallest absolute Gasteiger partial charge is 0.131 e. The van der Waals surface area contributed by atoms with Crippen LogP contribution in [0.3, 0.4) is 0 Å². The summed E-state index contributed by atoms with van der Waals surface area (Å²) in [5.74, 6) is -0.348. The van der Waals surface area contributed by atoms with Crippen LogP contribution in [0.4, 0.5) is 14.6 Å². The normalized spacial score (nSPS) is 10.5. The van der Waals surface area contributed by atoms with Crippen molar-refractivity contribution in [3.63, 3.8) is 0 Å². The Hall–Kier alpha value is -1.49. The zero-order valence-electron chi connectivity index (χ0n) is 10.4. The maximum Gasteiger partial charge on any atom is 0.131 e. The third-order valence-electron chi connectivity index (χ3n) is 2.78. The first-order chi connectivity index (χ1) is 9.10. The van der Waals surface area contributed by atoms with E-state index in [1.165, 1.54) is 12.1 Å². The molecule has 0 atom stereocenters. The van der Waals surface area contributed by atoms with Crippen LogP contribution in [-0.2, 0) is 6.54 Å². The predicted molar refractivity (Wildman–Crippen MR) is 75.0 cm³/mol. The number of hydrogen-bond donors (Lipinski definition) is 0. The summed E-state index contributed by atoms with van der Waals surface area (Å²) in [5.41, 5.74) is 0.449. The molecule has 0 radical (unpaired) electrons. The van der Waals surface area contributed by atoms with Gasteiger partial charge in [-0.1, -0.05) is 12.1 Å². The second-order valence-corrected chi connectivity index (χ2v) is 4.88. The Bertz CT molecular complexity index is 575. The van der Waals surface area contributed by atoms with Gasteiger partial charge in [-0.25, -0.2) is 13.8 Å². The molecule has 0 fully saturated rings. The van der Waals surface area contributed by atoms with Crippen molar-refractivity contribution < 1.29 is 8.78 Å². The monoisotopic (exact) mass is 326 g/mol. The van der Waals surface area contributed by atoms with Crippen LogP contribution < -0.4 is 4.90 Å². The molecule has 0 aliphatic rings. The van der Waals surface area contributed by atoms with Crippen molar-refractivity contribution in [1.29, 1.82) is 0 Å². The van der Waals surface area contributed by atoms with Crippen molar-refractivity contribution in [2.24, 2.45) is 0 Å². The van der Waals surface area contributed by atoms with E-state index in [0.29, 0.717) is 18.7 Å². The van der Waals surface area contributed by atoms with Gasteiger partial charge in [-0.3, -0.25) is 0 Å². The lowest BCUT2D eigenvalue weighted by Gasteiger charge is -2.22. The van der Waals surface area contributed by atoms with Crippen molar-refractivity contribution in [1.82, 2.24) is 4.98 Å². The van der Waals surface area contributed by atoms with Crippen LogP contribution in [0.5, 0.6) is 0 Å². The quantitative estimate of drug-likeness (QED) is 0.785. The molecule has 0 aliphatic heterocycles. The molecule has 100 valence electrons. The highest BCUT2D eigenvalue weighted by atomic mass is 79.9. The van der Waals surface area contributed by atoms with Gasteiger partial charge >= 0.3 is 0 Å². The Labute approximate surface area is 119 Å². The molecule has 1 aromatic carbocycles. The molecule has 0 unspecified atom stereocenters. The zero-order valence-corrected chi connectivity index (χ0v) is 12.0. The number of halogens is 3. The van der Waals surface area contributed by atoms with Gasteiger partial charge in [0.1, 0.15) is 22.1 Å². The van der Waals surface area contributed by atoms with Gasteiger partial charge in [-0.2, -0.15) is 0 Å². The SMILES string of the molecule is CCN(Cc1ccc(F)cc1F)c1cccc(Br)n1. The maximum atomic E-state index is 13.6. The van der Waals surface area contributed by atoms with E-state index in [4.69, 9.17) is 0 Å². The molecule has 0 aliphatic carbocycles. The van der Waals surface area contributed by atoms with Crippen LogP contribution in [0.25, 0.3) is 0 Å². The Morgan fingerprint density at radius 3 is 2.63 bits per heavy atom. The molecule has 0 amide bonds. The maximum absolute atomic E-state index is 13.6. The summed E-state index contributed by atoms with van der Waals surface area (Å²) in [5, 5.41) is 0. The van der Waals surface area contributed by atoms with E-state index in [9.17, 15) is 8.78 Å². The van der Waals surface area contributed by atoms with Gasteiger partial charge in [-0.05, 0) is 41.1 Å². The Kier molecular flexibility index (Phi) is 4.47. The van der Waals surface area contributed by atoms with E-state index >= 15 is 0 Å². The summed E-state index contributed by atoms with van der Waals surface area (Å²) in [6.45, 7) is 3.00. The standard InChI is InChI=1S/C14H13BrF2N2/c1-2-19(14-5-3-4-13(15)18-14)9-10-6-7-11(16)8-12(10)17/h3-8H,2,9H2,1H3. The topological polar surface area (TPSA) is 16.1 Å². The Morgan fingerprint density at radius 2 is 2.00 bits per heavy atom. The van der Waals surface area contributed by atoms with Crippen LogP contribution in [0, 0.1) is 11.6 Å². The minimum absolute atomic E-state index is 0.353. The summed E-state index contributed by atoms with van der Waals surface area (Å²) in [6, 6.07) is 9.19. The molecule has 1 heterocycles. The summed E-state index contributed by atoms with van der Waals surface area (Å²) >= 11 is 3.31. The van der Waals surface area contributed by atoms with Gasteiger partial charge in [-0.15, -0.1) is 0 Å². The number of aromatic nitrogens is 1. The predicted octanol–water partition coefficient (Wildman–Crippen LogP) is 4.15. The van der Waals surface area contributed by atoms with Crippen LogP contribution in [0.2, 0.25) is 0 Å². The molecule has 1 aromatic heterocycles. The third kappa shape index (κ3) is 3.50. The van der Waals surface area contributed by atoms with E-state index in [1.54, 1.807) is 0 Å². The molecule has 5 heteroatoms. The lowest BCUT2D eigenvalue weighted by molar-refractivity contribution is 0.569. The van der Waals surface area contributed by atoms with Gasteiger partial charge < -0.3 is 4.90 Å². The van der Waals surface area contributed by atoms with Crippen LogP contribution >= 0.6 is 15.9 Å². The van der Waals surface area contributed by atoms with E-state index in [2.05, 4.69) is 20.9 Å². The van der Waals surface area contributed by atoms with Crippen molar-refractivity contribution in [3.8, 4) is 0 Å². The van der Waals surface area contributed by atoms with Crippen molar-refractivity contribution >= 4 is 21.7 Å². The minimum atomic E-state index is -0.565. The highest BCUT2D eigenvalue weighted by Gasteiger charge is 2.11. The molecule has 0 saturated heterocycles. The number of benzene rings is 1. The van der Waals surface area contributed by atoms with Crippen molar-refractivity contribution in [2.45, 2.75) is 13.5 Å². The second-order valence-electron chi connectivity index (χ2n) is 4.07. The van der Waals surface area contributed by atoms with Crippen LogP contribution in [0.15, 0.2) is 41.0 Å². The average molecular weight is 327 g/mol.